The minimum atomic E-state index is -1.02. The summed E-state index contributed by atoms with van der Waals surface area (Å²) in [5, 5.41) is 8.78. The minimum Gasteiger partial charge on any atom is -0.374 e. The Bertz CT molecular complexity index is 1970. The number of nitrogens with zero attached hydrogens (tertiary/aromatic N) is 2. The highest BCUT2D eigenvalue weighted by atomic mass is 16.6. The van der Waals surface area contributed by atoms with E-state index in [1.54, 1.807) is 12.0 Å². The zero-order chi connectivity index (χ0) is 30.2. The van der Waals surface area contributed by atoms with Crippen molar-refractivity contribution in [2.24, 2.45) is 0 Å². The van der Waals surface area contributed by atoms with Gasteiger partial charge in [0.15, 0.2) is 5.72 Å². The van der Waals surface area contributed by atoms with Crippen molar-refractivity contribution in [1.29, 1.82) is 0 Å². The van der Waals surface area contributed by atoms with Crippen LogP contribution in [0.25, 0.3) is 32.9 Å². The third-order valence-electron chi connectivity index (χ3n) is 9.69. The van der Waals surface area contributed by atoms with Gasteiger partial charge in [-0.3, -0.25) is 9.59 Å². The van der Waals surface area contributed by atoms with E-state index in [1.807, 2.05) is 74.6 Å². The molecule has 222 valence electrons. The molecule has 0 radical (unpaired) electrons. The van der Waals surface area contributed by atoms with Gasteiger partial charge < -0.3 is 29.6 Å². The fraction of sp³-hybridized carbons (Fsp3) is 0.278. The van der Waals surface area contributed by atoms with Crippen molar-refractivity contribution in [2.75, 3.05) is 26.0 Å². The summed E-state index contributed by atoms with van der Waals surface area (Å²) >= 11 is 0. The predicted octanol–water partition coefficient (Wildman–Crippen LogP) is 5.96. The van der Waals surface area contributed by atoms with E-state index in [2.05, 4.69) is 39.5 Å². The smallest absolute Gasteiger partial charge is 0.253 e. The number of hydrogen-bond donors (Lipinski definition) is 2. The summed E-state index contributed by atoms with van der Waals surface area (Å²) in [6, 6.07) is 27.6. The molecule has 8 heteroatoms. The Hall–Kier alpha value is -4.66. The molecule has 4 bridgehead atoms. The summed E-state index contributed by atoms with van der Waals surface area (Å²) < 4.78 is 15.6. The Labute approximate surface area is 255 Å². The Morgan fingerprint density at radius 2 is 1.75 bits per heavy atom. The molecule has 2 amide bonds. The fourth-order valence-electron chi connectivity index (χ4n) is 7.77. The summed E-state index contributed by atoms with van der Waals surface area (Å²) in [5.41, 5.74) is 6.22. The fourth-order valence-corrected chi connectivity index (χ4v) is 7.77. The summed E-state index contributed by atoms with van der Waals surface area (Å²) in [7, 11) is 3.53. The van der Waals surface area contributed by atoms with Crippen molar-refractivity contribution < 1.29 is 19.1 Å². The number of carbonyl (C=O) groups excluding carboxylic acids is 2. The standard InChI is InChI=1S/C36H34N4O4/c1-36-33(43-3)29(39(2)35(42)21-11-5-4-6-12-21)20-30(44-36)40-27-16-10-8-14-24(27)31-28(40)19-25(22-13-7-9-15-26(22)38-36)23-17-18-37-34(41)32(23)31/h4-16,19,29-30,33,38H,17-18,20H2,1-3H3,(H,37,41)/t29?,30?,33?,36-/m0/s1. The van der Waals surface area contributed by atoms with E-state index < -0.39 is 18.1 Å². The van der Waals surface area contributed by atoms with Crippen LogP contribution in [0.4, 0.5) is 5.69 Å². The maximum absolute atomic E-state index is 13.9. The van der Waals surface area contributed by atoms with Crippen molar-refractivity contribution in [3.8, 4) is 11.1 Å². The van der Waals surface area contributed by atoms with Gasteiger partial charge in [0, 0.05) is 54.7 Å². The molecule has 44 heavy (non-hydrogen) atoms. The average Bonchev–Trinajstić information content (AvgIpc) is 3.38. The molecule has 8 rings (SSSR count). The van der Waals surface area contributed by atoms with Gasteiger partial charge in [-0.2, -0.15) is 0 Å². The maximum atomic E-state index is 13.9. The van der Waals surface area contributed by atoms with Gasteiger partial charge in [-0.15, -0.1) is 0 Å². The first-order valence-corrected chi connectivity index (χ1v) is 15.2. The number of hydrogen-bond acceptors (Lipinski definition) is 5. The van der Waals surface area contributed by atoms with E-state index in [-0.39, 0.29) is 17.9 Å². The van der Waals surface area contributed by atoms with E-state index in [4.69, 9.17) is 9.47 Å². The normalized spacial score (nSPS) is 23.9. The van der Waals surface area contributed by atoms with Gasteiger partial charge in [0.2, 0.25) is 0 Å². The zero-order valence-electron chi connectivity index (χ0n) is 25.0. The molecule has 0 aliphatic carbocycles. The first-order valence-electron chi connectivity index (χ1n) is 15.2. The number of likely N-dealkylation sites (N-methyl/N-ethyl adjacent to an activating group) is 1. The molecule has 1 fully saturated rings. The molecule has 4 atom stereocenters. The molecule has 1 saturated heterocycles. The first kappa shape index (κ1) is 26.9. The molecule has 3 aliphatic heterocycles. The molecule has 5 aromatic rings. The average molecular weight is 587 g/mol. The van der Waals surface area contributed by atoms with Crippen LogP contribution in [-0.2, 0) is 15.9 Å². The van der Waals surface area contributed by atoms with E-state index in [0.717, 1.165) is 56.2 Å². The van der Waals surface area contributed by atoms with Gasteiger partial charge in [-0.1, -0.05) is 54.6 Å². The Morgan fingerprint density at radius 1 is 1.00 bits per heavy atom. The molecule has 2 N–H and O–H groups in total. The second-order valence-corrected chi connectivity index (χ2v) is 12.2. The summed E-state index contributed by atoms with van der Waals surface area (Å²) in [5.74, 6) is -0.133. The lowest BCUT2D eigenvalue weighted by atomic mass is 9.86. The second kappa shape index (κ2) is 9.94. The number of carbonyl (C=O) groups is 2. The molecule has 1 aromatic heterocycles. The number of fused-ring (bicyclic) bond motifs is 12. The Balaban J connectivity index is 1.42. The summed E-state index contributed by atoms with van der Waals surface area (Å²) in [4.78, 5) is 29.3. The van der Waals surface area contributed by atoms with Crippen molar-refractivity contribution in [3.63, 3.8) is 0 Å². The predicted molar refractivity (Wildman–Crippen MR) is 171 cm³/mol. The number of aromatic nitrogens is 1. The van der Waals surface area contributed by atoms with Crippen LogP contribution in [-0.4, -0.2) is 59.9 Å². The highest BCUT2D eigenvalue weighted by Gasteiger charge is 2.51. The molecule has 0 spiro atoms. The largest absolute Gasteiger partial charge is 0.374 e. The maximum Gasteiger partial charge on any atom is 0.253 e. The van der Waals surface area contributed by atoms with Crippen molar-refractivity contribution in [1.82, 2.24) is 14.8 Å². The number of ether oxygens (including phenoxy) is 2. The number of amides is 2. The molecule has 4 heterocycles. The lowest BCUT2D eigenvalue weighted by molar-refractivity contribution is -0.217. The number of para-hydroxylation sites is 2. The monoisotopic (exact) mass is 586 g/mol. The van der Waals surface area contributed by atoms with Crippen LogP contribution < -0.4 is 10.6 Å². The van der Waals surface area contributed by atoms with Crippen LogP contribution >= 0.6 is 0 Å². The Morgan fingerprint density at radius 3 is 2.57 bits per heavy atom. The van der Waals surface area contributed by atoms with Crippen LogP contribution in [0.2, 0.25) is 0 Å². The lowest BCUT2D eigenvalue weighted by Crippen LogP contribution is -2.64. The molecule has 3 unspecified atom stereocenters. The first-order chi connectivity index (χ1) is 21.4. The van der Waals surface area contributed by atoms with E-state index >= 15 is 0 Å². The van der Waals surface area contributed by atoms with Crippen LogP contribution in [0.5, 0.6) is 0 Å². The summed E-state index contributed by atoms with van der Waals surface area (Å²) in [6.07, 6.45) is 0.255. The number of nitrogens with one attached hydrogen (secondary N) is 2. The van der Waals surface area contributed by atoms with Crippen molar-refractivity contribution >= 4 is 39.3 Å². The van der Waals surface area contributed by atoms with Crippen LogP contribution in [0, 0.1) is 0 Å². The van der Waals surface area contributed by atoms with Gasteiger partial charge in [-0.05, 0) is 54.8 Å². The van der Waals surface area contributed by atoms with Crippen molar-refractivity contribution in [2.45, 2.75) is 43.9 Å². The molecular formula is C36H34N4O4. The number of rotatable bonds is 3. The van der Waals surface area contributed by atoms with Crippen LogP contribution in [0.15, 0.2) is 84.9 Å². The SMILES string of the molecule is COC1C(N(C)C(=O)c2ccccc2)CC2O[C@]1(C)Nc1ccccc1-c1cc3c(c4c1CCNC4=O)c1ccccc1n32. The number of anilines is 1. The molecule has 3 aliphatic rings. The third kappa shape index (κ3) is 3.84. The van der Waals surface area contributed by atoms with Crippen LogP contribution in [0.1, 0.15) is 45.9 Å². The third-order valence-corrected chi connectivity index (χ3v) is 9.69. The van der Waals surface area contributed by atoms with E-state index in [1.165, 1.54) is 0 Å². The van der Waals surface area contributed by atoms with Gasteiger partial charge in [-0.25, -0.2) is 0 Å². The summed E-state index contributed by atoms with van der Waals surface area (Å²) in [6.45, 7) is 2.61. The van der Waals surface area contributed by atoms with Gasteiger partial charge >= 0.3 is 0 Å². The molecular weight excluding hydrogens is 552 g/mol. The Kier molecular flexibility index (Phi) is 6.08. The number of benzene rings is 4. The lowest BCUT2D eigenvalue weighted by Gasteiger charge is -2.51. The highest BCUT2D eigenvalue weighted by Crippen LogP contribution is 2.48. The number of methoxy groups -OCH3 is 1. The molecule has 8 nitrogen and oxygen atoms in total. The molecule has 0 saturated carbocycles. The van der Waals surface area contributed by atoms with E-state index in [0.29, 0.717) is 18.5 Å². The minimum absolute atomic E-state index is 0.0524. The second-order valence-electron chi connectivity index (χ2n) is 12.2. The quantitative estimate of drug-likeness (QED) is 0.272. The zero-order valence-corrected chi connectivity index (χ0v) is 25.0. The van der Waals surface area contributed by atoms with Gasteiger partial charge in [0.25, 0.3) is 11.8 Å². The van der Waals surface area contributed by atoms with Crippen LogP contribution in [0.3, 0.4) is 0 Å². The van der Waals surface area contributed by atoms with Crippen molar-refractivity contribution in [3.05, 3.63) is 102 Å². The van der Waals surface area contributed by atoms with Gasteiger partial charge in [0.05, 0.1) is 22.6 Å². The molecule has 4 aromatic carbocycles. The van der Waals surface area contributed by atoms with E-state index in [9.17, 15) is 9.59 Å². The highest BCUT2D eigenvalue weighted by molar-refractivity contribution is 6.21. The van der Waals surface area contributed by atoms with Gasteiger partial charge in [0.1, 0.15) is 12.3 Å². The topological polar surface area (TPSA) is 84.8 Å².